The molecule has 0 bridgehead atoms. The Morgan fingerprint density at radius 2 is 1.40 bits per heavy atom. The lowest BCUT2D eigenvalue weighted by Gasteiger charge is -2.20. The summed E-state index contributed by atoms with van der Waals surface area (Å²) in [7, 11) is 1.52. The Kier molecular flexibility index (Phi) is 9.90. The van der Waals surface area contributed by atoms with Gasteiger partial charge in [0.15, 0.2) is 0 Å². The minimum Gasteiger partial charge on any atom is -0.508 e. The smallest absolute Gasteiger partial charge is 0.270 e. The van der Waals surface area contributed by atoms with Crippen LogP contribution in [0.15, 0.2) is 102 Å². The third-order valence-corrected chi connectivity index (χ3v) is 6.88. The van der Waals surface area contributed by atoms with Gasteiger partial charge in [0.25, 0.3) is 23.6 Å². The molecule has 214 valence electrons. The highest BCUT2D eigenvalue weighted by molar-refractivity contribution is 9.10. The molecule has 0 saturated heterocycles. The molecule has 0 saturated carbocycles. The first-order valence-corrected chi connectivity index (χ1v) is 13.5. The van der Waals surface area contributed by atoms with Gasteiger partial charge in [0.1, 0.15) is 17.5 Å². The van der Waals surface area contributed by atoms with E-state index in [1.165, 1.54) is 25.3 Å². The van der Waals surface area contributed by atoms with Crippen molar-refractivity contribution in [2.45, 2.75) is 12.5 Å². The molecule has 0 spiro atoms. The maximum Gasteiger partial charge on any atom is 0.270 e. The molecule has 0 aliphatic carbocycles. The van der Waals surface area contributed by atoms with E-state index in [1.807, 2.05) is 0 Å². The summed E-state index contributed by atoms with van der Waals surface area (Å²) in [6, 6.07) is 24.6. The number of rotatable bonds is 9. The van der Waals surface area contributed by atoms with Crippen LogP contribution < -0.4 is 26.2 Å². The Balaban J connectivity index is 1.51. The van der Waals surface area contributed by atoms with Gasteiger partial charge >= 0.3 is 0 Å². The second-order valence-electron chi connectivity index (χ2n) is 9.05. The molecule has 4 amide bonds. The molecule has 4 rings (SSSR count). The monoisotopic (exact) mass is 630 g/mol. The number of anilines is 1. The average molecular weight is 631 g/mol. The fraction of sp³-hybridized carbons (Fsp3) is 0.0968. The Bertz CT molecular complexity index is 1590. The summed E-state index contributed by atoms with van der Waals surface area (Å²) in [5.41, 5.74) is 6.41. The minimum atomic E-state index is -1.13. The molecule has 1 unspecified atom stereocenters. The molecule has 0 heterocycles. The lowest BCUT2D eigenvalue weighted by molar-refractivity contribution is -0.123. The zero-order valence-corrected chi connectivity index (χ0v) is 24.0. The zero-order valence-electron chi connectivity index (χ0n) is 22.4. The summed E-state index contributed by atoms with van der Waals surface area (Å²) in [4.78, 5) is 52.1. The number of hydrazine groups is 1. The summed E-state index contributed by atoms with van der Waals surface area (Å²) < 4.78 is 5.67. The lowest BCUT2D eigenvalue weighted by atomic mass is 10.0. The second-order valence-corrected chi connectivity index (χ2v) is 9.90. The molecule has 0 fully saturated rings. The van der Waals surface area contributed by atoms with E-state index < -0.39 is 29.7 Å². The number of benzene rings is 4. The van der Waals surface area contributed by atoms with E-state index in [9.17, 15) is 24.3 Å². The van der Waals surface area contributed by atoms with E-state index >= 15 is 0 Å². The van der Waals surface area contributed by atoms with Crippen LogP contribution in [0.5, 0.6) is 11.5 Å². The SMILES string of the molecule is COc1ccc(C(=O)Nc2ccccc2C(=O)NC(Cc2ccc(O)cc2)C(=O)NNC(=O)c2ccccc2Br)cc1. The number of carbonyl (C=O) groups is 4. The first kappa shape index (κ1) is 29.8. The molecular formula is C31H27BrN4O6. The Hall–Kier alpha value is -5.16. The van der Waals surface area contributed by atoms with Crippen LogP contribution in [-0.2, 0) is 11.2 Å². The highest BCUT2D eigenvalue weighted by atomic mass is 79.9. The van der Waals surface area contributed by atoms with Crippen LogP contribution in [0.1, 0.15) is 36.6 Å². The molecule has 0 aliphatic heterocycles. The van der Waals surface area contributed by atoms with Crippen molar-refractivity contribution in [1.82, 2.24) is 16.2 Å². The summed E-state index contributed by atoms with van der Waals surface area (Å²) >= 11 is 3.30. The number of aromatic hydroxyl groups is 1. The maximum atomic E-state index is 13.4. The number of carbonyl (C=O) groups excluding carboxylic acids is 4. The van der Waals surface area contributed by atoms with Crippen molar-refractivity contribution < 1.29 is 29.0 Å². The Morgan fingerprint density at radius 3 is 2.07 bits per heavy atom. The van der Waals surface area contributed by atoms with Crippen LogP contribution in [0, 0.1) is 0 Å². The first-order chi connectivity index (χ1) is 20.2. The summed E-state index contributed by atoms with van der Waals surface area (Å²) in [5.74, 6) is -1.67. The molecule has 4 aromatic carbocycles. The second kappa shape index (κ2) is 14.0. The molecule has 4 aromatic rings. The van der Waals surface area contributed by atoms with Gasteiger partial charge in [-0.3, -0.25) is 30.0 Å². The number of nitrogens with one attached hydrogen (secondary N) is 4. The van der Waals surface area contributed by atoms with Gasteiger partial charge in [-0.25, -0.2) is 0 Å². The fourth-order valence-electron chi connectivity index (χ4n) is 3.96. The van der Waals surface area contributed by atoms with Gasteiger partial charge in [0, 0.05) is 16.5 Å². The van der Waals surface area contributed by atoms with Gasteiger partial charge in [0.05, 0.1) is 23.9 Å². The van der Waals surface area contributed by atoms with Gasteiger partial charge in [-0.1, -0.05) is 36.4 Å². The standard InChI is InChI=1S/C31H27BrN4O6/c1-42-22-16-12-20(13-17-22)28(38)33-26-9-5-3-7-24(26)29(39)34-27(18-19-10-14-21(37)15-11-19)31(41)36-35-30(40)23-6-2-4-8-25(23)32/h2-17,27,37H,18H2,1H3,(H,33,38)(H,34,39)(H,35,40)(H,36,41). The number of hydrogen-bond donors (Lipinski definition) is 5. The fourth-order valence-corrected chi connectivity index (χ4v) is 4.42. The molecular weight excluding hydrogens is 604 g/mol. The summed E-state index contributed by atoms with van der Waals surface area (Å²) in [6.07, 6.45) is 0.0448. The molecule has 5 N–H and O–H groups in total. The Morgan fingerprint density at radius 1 is 0.762 bits per heavy atom. The van der Waals surface area contributed by atoms with E-state index in [-0.39, 0.29) is 23.4 Å². The molecule has 11 heteroatoms. The van der Waals surface area contributed by atoms with E-state index in [0.29, 0.717) is 26.9 Å². The highest BCUT2D eigenvalue weighted by Crippen LogP contribution is 2.19. The third kappa shape index (κ3) is 7.73. The average Bonchev–Trinajstić information content (AvgIpc) is 3.00. The minimum absolute atomic E-state index is 0.0448. The van der Waals surface area contributed by atoms with Crippen LogP contribution in [0.25, 0.3) is 0 Å². The quantitative estimate of drug-likeness (QED) is 0.175. The number of amides is 4. The highest BCUT2D eigenvalue weighted by Gasteiger charge is 2.24. The molecule has 42 heavy (non-hydrogen) atoms. The summed E-state index contributed by atoms with van der Waals surface area (Å²) in [6.45, 7) is 0. The third-order valence-electron chi connectivity index (χ3n) is 6.19. The number of phenolic OH excluding ortho intramolecular Hbond substituents is 1. The van der Waals surface area contributed by atoms with Crippen molar-refractivity contribution >= 4 is 45.2 Å². The predicted molar refractivity (Wildman–Crippen MR) is 160 cm³/mol. The molecule has 0 aromatic heterocycles. The molecule has 10 nitrogen and oxygen atoms in total. The van der Waals surface area contributed by atoms with E-state index in [2.05, 4.69) is 37.4 Å². The first-order valence-electron chi connectivity index (χ1n) is 12.7. The molecule has 1 atom stereocenters. The lowest BCUT2D eigenvalue weighted by Crippen LogP contribution is -2.53. The van der Waals surface area contributed by atoms with Crippen LogP contribution >= 0.6 is 15.9 Å². The normalized spacial score (nSPS) is 11.1. The maximum absolute atomic E-state index is 13.4. The Labute approximate surface area is 250 Å². The topological polar surface area (TPSA) is 146 Å². The van der Waals surface area contributed by atoms with E-state index in [0.717, 1.165) is 0 Å². The van der Waals surface area contributed by atoms with E-state index in [4.69, 9.17) is 4.74 Å². The predicted octanol–water partition coefficient (Wildman–Crippen LogP) is 4.22. The van der Waals surface area contributed by atoms with E-state index in [1.54, 1.807) is 78.9 Å². The zero-order chi connectivity index (χ0) is 30.1. The van der Waals surface area contributed by atoms with Crippen molar-refractivity contribution in [3.8, 4) is 11.5 Å². The van der Waals surface area contributed by atoms with Crippen molar-refractivity contribution in [2.24, 2.45) is 0 Å². The number of methoxy groups -OCH3 is 1. The van der Waals surface area contributed by atoms with Crippen molar-refractivity contribution in [2.75, 3.05) is 12.4 Å². The van der Waals surface area contributed by atoms with Gasteiger partial charge in [0.2, 0.25) is 0 Å². The molecule has 0 aliphatic rings. The van der Waals surface area contributed by atoms with Crippen LogP contribution in [0.2, 0.25) is 0 Å². The number of ether oxygens (including phenoxy) is 1. The van der Waals surface area contributed by atoms with Gasteiger partial charge in [-0.2, -0.15) is 0 Å². The largest absolute Gasteiger partial charge is 0.508 e. The van der Waals surface area contributed by atoms with Crippen LogP contribution in [-0.4, -0.2) is 41.9 Å². The van der Waals surface area contributed by atoms with Crippen molar-refractivity contribution in [1.29, 1.82) is 0 Å². The van der Waals surface area contributed by atoms with Crippen LogP contribution in [0.3, 0.4) is 0 Å². The number of phenols is 1. The van der Waals surface area contributed by atoms with Crippen LogP contribution in [0.4, 0.5) is 5.69 Å². The molecule has 0 radical (unpaired) electrons. The van der Waals surface area contributed by atoms with Gasteiger partial charge in [-0.05, 0) is 82.2 Å². The van der Waals surface area contributed by atoms with Gasteiger partial charge in [-0.15, -0.1) is 0 Å². The number of hydrogen-bond acceptors (Lipinski definition) is 6. The van der Waals surface area contributed by atoms with Gasteiger partial charge < -0.3 is 20.5 Å². The van der Waals surface area contributed by atoms with Crippen molar-refractivity contribution in [3.05, 3.63) is 124 Å². The number of halogens is 1. The van der Waals surface area contributed by atoms with Crippen molar-refractivity contribution in [3.63, 3.8) is 0 Å². The summed E-state index contributed by atoms with van der Waals surface area (Å²) in [5, 5.41) is 15.1. The number of para-hydroxylation sites is 1.